The number of hydrogen-bond donors (Lipinski definition) is 0. The number of Topliss-reactive ketones (excluding diaryl/α,β-unsaturated/α-hetero) is 1. The van der Waals surface area contributed by atoms with Crippen molar-refractivity contribution in [3.8, 4) is 0 Å². The molecule has 1 spiro atoms. The zero-order chi connectivity index (χ0) is 23.6. The van der Waals surface area contributed by atoms with Gasteiger partial charge in [-0.1, -0.05) is 18.2 Å². The summed E-state index contributed by atoms with van der Waals surface area (Å²) >= 11 is 0. The van der Waals surface area contributed by atoms with Crippen LogP contribution in [-0.2, 0) is 34.1 Å². The molecule has 0 N–H and O–H groups in total. The van der Waals surface area contributed by atoms with E-state index in [-0.39, 0.29) is 18.6 Å². The van der Waals surface area contributed by atoms with E-state index in [9.17, 15) is 19.2 Å². The van der Waals surface area contributed by atoms with Gasteiger partial charge >= 0.3 is 12.1 Å². The third-order valence-corrected chi connectivity index (χ3v) is 6.90. The molecule has 4 atom stereocenters. The summed E-state index contributed by atoms with van der Waals surface area (Å²) in [5.74, 6) is -2.72. The van der Waals surface area contributed by atoms with E-state index >= 15 is 0 Å². The second-order valence-corrected chi connectivity index (χ2v) is 9.64. The molecular formula is C23H28N2O7. The lowest BCUT2D eigenvalue weighted by Crippen LogP contribution is -2.62. The largest absolute Gasteiger partial charge is 0.469 e. The molecule has 4 rings (SSSR count). The fraction of sp³-hybridized carbons (Fsp3) is 0.565. The normalized spacial score (nSPS) is 31.8. The number of hydrogen-bond acceptors (Lipinski definition) is 8. The number of para-hydroxylation sites is 1. The number of piperidine rings is 1. The molecule has 2 saturated heterocycles. The Morgan fingerprint density at radius 1 is 1.12 bits per heavy atom. The summed E-state index contributed by atoms with van der Waals surface area (Å²) in [6, 6.07) is 5.80. The first-order valence-corrected chi connectivity index (χ1v) is 10.6. The van der Waals surface area contributed by atoms with E-state index in [0.29, 0.717) is 11.3 Å². The number of fused-ring (bicyclic) bond motifs is 5. The minimum Gasteiger partial charge on any atom is -0.469 e. The summed E-state index contributed by atoms with van der Waals surface area (Å²) in [6.07, 6.45) is -0.389. The minimum absolute atomic E-state index is 0.179. The average molecular weight is 444 g/mol. The third-order valence-electron chi connectivity index (χ3n) is 6.90. The molecule has 172 valence electrons. The van der Waals surface area contributed by atoms with E-state index in [2.05, 4.69) is 0 Å². The van der Waals surface area contributed by atoms with Crippen LogP contribution in [0.15, 0.2) is 24.3 Å². The minimum atomic E-state index is -1.57. The van der Waals surface area contributed by atoms with Crippen molar-refractivity contribution in [1.82, 2.24) is 5.06 Å². The Bertz CT molecular complexity index is 1020. The number of ether oxygens (including phenoxy) is 2. The van der Waals surface area contributed by atoms with Crippen molar-refractivity contribution in [1.29, 1.82) is 0 Å². The Hall–Kier alpha value is -2.78. The van der Waals surface area contributed by atoms with E-state index < -0.39 is 46.5 Å². The molecule has 1 aromatic rings. The van der Waals surface area contributed by atoms with Crippen LogP contribution >= 0.6 is 0 Å². The van der Waals surface area contributed by atoms with E-state index in [1.54, 1.807) is 52.0 Å². The molecule has 0 unspecified atom stereocenters. The maximum absolute atomic E-state index is 14.3. The Kier molecular flexibility index (Phi) is 4.98. The molecule has 0 saturated carbocycles. The Labute approximate surface area is 186 Å². The topological polar surface area (TPSA) is 102 Å². The molecule has 1 aromatic carbocycles. The lowest BCUT2D eigenvalue weighted by Gasteiger charge is -2.45. The number of ketones is 1. The smallest absolute Gasteiger partial charge is 0.421 e. The number of carbonyl (C=O) groups is 4. The standard InChI is InChI=1S/C23H28N2O7/c1-21(2,3)32-20(29)24-14-10-8-7-9-13(14)23(19(24)28)16(18(27)30-5)17-15(26)11-12-22(23,4)25(17)31-6/h7-10,16-17H,11-12H2,1-6H3/t16-,17+,22-,23+/m0/s1. The first kappa shape index (κ1) is 22.4. The van der Waals surface area contributed by atoms with E-state index in [0.717, 1.165) is 4.90 Å². The molecule has 3 heterocycles. The predicted octanol–water partition coefficient (Wildman–Crippen LogP) is 2.36. The first-order chi connectivity index (χ1) is 15.0. The van der Waals surface area contributed by atoms with Gasteiger partial charge < -0.3 is 14.3 Å². The van der Waals surface area contributed by atoms with E-state index in [4.69, 9.17) is 14.3 Å². The lowest BCUT2D eigenvalue weighted by atomic mass is 9.61. The third kappa shape index (κ3) is 2.64. The van der Waals surface area contributed by atoms with E-state index in [1.807, 2.05) is 0 Å². The molecule has 32 heavy (non-hydrogen) atoms. The number of carbonyl (C=O) groups excluding carboxylic acids is 4. The highest BCUT2D eigenvalue weighted by molar-refractivity contribution is 6.24. The molecule has 2 bridgehead atoms. The fourth-order valence-electron chi connectivity index (χ4n) is 5.79. The monoisotopic (exact) mass is 444 g/mol. The second kappa shape index (κ2) is 7.11. The summed E-state index contributed by atoms with van der Waals surface area (Å²) in [7, 11) is 2.63. The highest BCUT2D eigenvalue weighted by Crippen LogP contribution is 2.64. The molecule has 2 amide bonds. The van der Waals surface area contributed by atoms with Gasteiger partial charge in [-0.25, -0.2) is 9.69 Å². The number of anilines is 1. The van der Waals surface area contributed by atoms with Crippen LogP contribution in [0.3, 0.4) is 0 Å². The lowest BCUT2D eigenvalue weighted by molar-refractivity contribution is -0.220. The van der Waals surface area contributed by atoms with Crippen molar-refractivity contribution in [3.05, 3.63) is 29.8 Å². The van der Waals surface area contributed by atoms with Crippen LogP contribution in [-0.4, -0.2) is 60.2 Å². The molecule has 3 aliphatic rings. The van der Waals surface area contributed by atoms with Crippen LogP contribution < -0.4 is 4.90 Å². The van der Waals surface area contributed by atoms with Crippen LogP contribution in [0.1, 0.15) is 46.1 Å². The van der Waals surface area contributed by atoms with Crippen molar-refractivity contribution in [2.45, 2.75) is 63.1 Å². The van der Waals surface area contributed by atoms with Gasteiger partial charge in [-0.2, -0.15) is 5.06 Å². The average Bonchev–Trinajstić information content (AvgIpc) is 3.08. The van der Waals surface area contributed by atoms with Crippen molar-refractivity contribution < 1.29 is 33.5 Å². The van der Waals surface area contributed by atoms with Crippen molar-refractivity contribution in [2.24, 2.45) is 5.92 Å². The molecule has 9 heteroatoms. The fourth-order valence-corrected chi connectivity index (χ4v) is 5.79. The Morgan fingerprint density at radius 2 is 1.78 bits per heavy atom. The summed E-state index contributed by atoms with van der Waals surface area (Å²) in [5.41, 5.74) is -2.68. The van der Waals surface area contributed by atoms with Crippen molar-refractivity contribution in [3.63, 3.8) is 0 Å². The molecule has 9 nitrogen and oxygen atoms in total. The molecule has 0 aromatic heterocycles. The van der Waals surface area contributed by atoms with Crippen molar-refractivity contribution in [2.75, 3.05) is 19.1 Å². The maximum atomic E-state index is 14.3. The van der Waals surface area contributed by atoms with Gasteiger partial charge in [0.05, 0.1) is 25.4 Å². The number of imide groups is 1. The van der Waals surface area contributed by atoms with Gasteiger partial charge in [0.15, 0.2) is 5.78 Å². The molecule has 0 radical (unpaired) electrons. The SMILES string of the molecule is COC(=O)[C@@H]1[C@H]2C(=O)CC[C@](C)(N2OC)[C@@]12C(=O)N(C(=O)OC(C)(C)C)c1ccccc12. The van der Waals surface area contributed by atoms with Crippen LogP contribution in [0.25, 0.3) is 0 Å². The maximum Gasteiger partial charge on any atom is 0.421 e. The quantitative estimate of drug-likeness (QED) is 0.641. The predicted molar refractivity (Wildman–Crippen MR) is 113 cm³/mol. The number of methoxy groups -OCH3 is 1. The van der Waals surface area contributed by atoms with Gasteiger partial charge in [-0.05, 0) is 45.7 Å². The molecule has 0 aliphatic carbocycles. The first-order valence-electron chi connectivity index (χ1n) is 10.6. The summed E-state index contributed by atoms with van der Waals surface area (Å²) < 4.78 is 10.6. The summed E-state index contributed by atoms with van der Waals surface area (Å²) in [5, 5.41) is 1.45. The number of amides is 2. The number of benzene rings is 1. The highest BCUT2D eigenvalue weighted by Gasteiger charge is 2.79. The summed E-state index contributed by atoms with van der Waals surface area (Å²) in [4.78, 5) is 60.3. The zero-order valence-electron chi connectivity index (χ0n) is 19.1. The number of esters is 1. The van der Waals surface area contributed by atoms with Gasteiger partial charge in [0.2, 0.25) is 5.91 Å². The second-order valence-electron chi connectivity index (χ2n) is 9.64. The summed E-state index contributed by atoms with van der Waals surface area (Å²) in [6.45, 7) is 6.92. The Balaban J connectivity index is 2.01. The van der Waals surface area contributed by atoms with Crippen LogP contribution in [0, 0.1) is 5.92 Å². The van der Waals surface area contributed by atoms with Crippen LogP contribution in [0.4, 0.5) is 10.5 Å². The van der Waals surface area contributed by atoms with Crippen LogP contribution in [0.5, 0.6) is 0 Å². The van der Waals surface area contributed by atoms with E-state index in [1.165, 1.54) is 19.3 Å². The van der Waals surface area contributed by atoms with Gasteiger partial charge in [0, 0.05) is 6.42 Å². The molecule has 3 aliphatic heterocycles. The molecule has 2 fully saturated rings. The number of rotatable bonds is 2. The van der Waals surface area contributed by atoms with Gasteiger partial charge in [0.25, 0.3) is 0 Å². The van der Waals surface area contributed by atoms with Crippen LogP contribution in [0.2, 0.25) is 0 Å². The molecular weight excluding hydrogens is 416 g/mol. The number of nitrogens with zero attached hydrogens (tertiary/aromatic N) is 2. The highest BCUT2D eigenvalue weighted by atomic mass is 16.7. The van der Waals surface area contributed by atoms with Gasteiger partial charge in [-0.15, -0.1) is 0 Å². The Morgan fingerprint density at radius 3 is 2.38 bits per heavy atom. The zero-order valence-corrected chi connectivity index (χ0v) is 19.1. The number of hydroxylamine groups is 2. The van der Waals surface area contributed by atoms with Crippen molar-refractivity contribution >= 4 is 29.4 Å². The van der Waals surface area contributed by atoms with Gasteiger partial charge in [0.1, 0.15) is 23.0 Å². The van der Waals surface area contributed by atoms with Gasteiger partial charge in [-0.3, -0.25) is 14.4 Å².